The van der Waals surface area contributed by atoms with Gasteiger partial charge in [-0.25, -0.2) is 4.39 Å². The molecule has 6 heteroatoms. The van der Waals surface area contributed by atoms with E-state index in [9.17, 15) is 9.18 Å². The molecule has 112 valence electrons. The Balaban J connectivity index is 2.25. The molecule has 0 spiro atoms. The molecule has 0 atom stereocenters. The maximum atomic E-state index is 13.7. The average Bonchev–Trinajstić information content (AvgIpc) is 2.82. The highest BCUT2D eigenvalue weighted by Crippen LogP contribution is 2.23. The first-order chi connectivity index (χ1) is 10.0. The highest BCUT2D eigenvalue weighted by molar-refractivity contribution is 9.10. The summed E-state index contributed by atoms with van der Waals surface area (Å²) in [6.45, 7) is 2.74. The summed E-state index contributed by atoms with van der Waals surface area (Å²) in [4.78, 5) is 12.3. The fraction of sp³-hybridized carbons (Fsp3) is 0.267. The maximum absolute atomic E-state index is 13.7. The molecular formula is C15H16BrFN2O2. The van der Waals surface area contributed by atoms with Crippen molar-refractivity contribution in [2.45, 2.75) is 19.9 Å². The van der Waals surface area contributed by atoms with Crippen LogP contribution >= 0.6 is 15.9 Å². The van der Waals surface area contributed by atoms with Gasteiger partial charge in [0, 0.05) is 23.3 Å². The second-order valence-electron chi connectivity index (χ2n) is 4.54. The van der Waals surface area contributed by atoms with Crippen LogP contribution < -0.4 is 10.1 Å². The van der Waals surface area contributed by atoms with Crippen LogP contribution in [0.15, 0.2) is 34.9 Å². The smallest absolute Gasteiger partial charge is 0.272 e. The van der Waals surface area contributed by atoms with Crippen LogP contribution in [-0.2, 0) is 6.54 Å². The number of hydrogen-bond donors (Lipinski definition) is 1. The van der Waals surface area contributed by atoms with Crippen LogP contribution in [0.3, 0.4) is 0 Å². The van der Waals surface area contributed by atoms with Crippen LogP contribution in [-0.4, -0.2) is 17.6 Å². The van der Waals surface area contributed by atoms with E-state index in [1.165, 1.54) is 25.3 Å². The fourth-order valence-corrected chi connectivity index (χ4v) is 2.47. The zero-order chi connectivity index (χ0) is 15.4. The molecule has 2 aromatic rings. The third-order valence-corrected chi connectivity index (χ3v) is 3.42. The SMILES string of the molecule is CCCn1cc(Br)cc1C(=O)Nc1cc(OC)ccc1F. The molecule has 4 nitrogen and oxygen atoms in total. The van der Waals surface area contributed by atoms with Gasteiger partial charge in [0.2, 0.25) is 0 Å². The van der Waals surface area contributed by atoms with E-state index >= 15 is 0 Å². The number of aryl methyl sites for hydroxylation is 1. The number of rotatable bonds is 5. The van der Waals surface area contributed by atoms with Gasteiger partial charge in [-0.2, -0.15) is 0 Å². The number of methoxy groups -OCH3 is 1. The first-order valence-electron chi connectivity index (χ1n) is 6.55. The zero-order valence-electron chi connectivity index (χ0n) is 11.8. The lowest BCUT2D eigenvalue weighted by atomic mass is 10.2. The molecule has 0 fully saturated rings. The van der Waals surface area contributed by atoms with Crippen molar-refractivity contribution in [1.82, 2.24) is 4.57 Å². The number of carbonyl (C=O) groups is 1. The van der Waals surface area contributed by atoms with Gasteiger partial charge in [0.05, 0.1) is 12.8 Å². The quantitative estimate of drug-likeness (QED) is 0.879. The Morgan fingerprint density at radius 2 is 2.19 bits per heavy atom. The zero-order valence-corrected chi connectivity index (χ0v) is 13.4. The molecule has 0 aliphatic rings. The second-order valence-corrected chi connectivity index (χ2v) is 5.45. The average molecular weight is 355 g/mol. The number of halogens is 2. The van der Waals surface area contributed by atoms with E-state index in [-0.39, 0.29) is 11.6 Å². The van der Waals surface area contributed by atoms with Crippen molar-refractivity contribution in [2.75, 3.05) is 12.4 Å². The molecule has 1 amide bonds. The summed E-state index contributed by atoms with van der Waals surface area (Å²) in [5.74, 6) is -0.380. The number of anilines is 1. The van der Waals surface area contributed by atoms with Gasteiger partial charge in [-0.1, -0.05) is 6.92 Å². The Hall–Kier alpha value is -1.82. The molecule has 21 heavy (non-hydrogen) atoms. The molecule has 0 bridgehead atoms. The van der Waals surface area contributed by atoms with Gasteiger partial charge in [0.1, 0.15) is 17.3 Å². The maximum Gasteiger partial charge on any atom is 0.272 e. The van der Waals surface area contributed by atoms with Crippen LogP contribution in [0.5, 0.6) is 5.75 Å². The third-order valence-electron chi connectivity index (χ3n) is 2.98. The van der Waals surface area contributed by atoms with E-state index < -0.39 is 5.82 Å². The van der Waals surface area contributed by atoms with Gasteiger partial charge in [-0.15, -0.1) is 0 Å². The number of aromatic nitrogens is 1. The minimum absolute atomic E-state index is 0.0970. The molecule has 0 aliphatic carbocycles. The predicted octanol–water partition coefficient (Wildman–Crippen LogP) is 4.06. The Morgan fingerprint density at radius 1 is 1.43 bits per heavy atom. The molecular weight excluding hydrogens is 339 g/mol. The number of carbonyl (C=O) groups excluding carboxylic acids is 1. The monoisotopic (exact) mass is 354 g/mol. The minimum Gasteiger partial charge on any atom is -0.497 e. The molecule has 1 aromatic carbocycles. The number of nitrogens with zero attached hydrogens (tertiary/aromatic N) is 1. The highest BCUT2D eigenvalue weighted by atomic mass is 79.9. The van der Waals surface area contributed by atoms with Crippen LogP contribution in [0.2, 0.25) is 0 Å². The standard InChI is InChI=1S/C15H16BrFN2O2/c1-3-6-19-9-10(16)7-14(19)15(20)18-13-8-11(21-2)4-5-12(13)17/h4-5,7-9H,3,6H2,1-2H3,(H,18,20). The van der Waals surface area contributed by atoms with E-state index in [0.717, 1.165) is 17.4 Å². The van der Waals surface area contributed by atoms with Gasteiger partial charge < -0.3 is 14.6 Å². The van der Waals surface area contributed by atoms with Crippen LogP contribution in [0.4, 0.5) is 10.1 Å². The number of nitrogens with one attached hydrogen (secondary N) is 1. The largest absolute Gasteiger partial charge is 0.497 e. The molecule has 2 rings (SSSR count). The van der Waals surface area contributed by atoms with Crippen molar-refractivity contribution in [1.29, 1.82) is 0 Å². The molecule has 0 radical (unpaired) electrons. The summed E-state index contributed by atoms with van der Waals surface area (Å²) in [6, 6.07) is 5.93. The molecule has 0 unspecified atom stereocenters. The van der Waals surface area contributed by atoms with Crippen molar-refractivity contribution in [3.63, 3.8) is 0 Å². The summed E-state index contributed by atoms with van der Waals surface area (Å²) in [5, 5.41) is 2.58. The van der Waals surface area contributed by atoms with Crippen LogP contribution in [0.1, 0.15) is 23.8 Å². The van der Waals surface area contributed by atoms with Gasteiger partial charge in [0.15, 0.2) is 0 Å². The Kier molecular flexibility index (Phi) is 5.01. The molecule has 0 saturated heterocycles. The lowest BCUT2D eigenvalue weighted by Crippen LogP contribution is -2.17. The summed E-state index contributed by atoms with van der Waals surface area (Å²) in [5.41, 5.74) is 0.575. The van der Waals surface area contributed by atoms with Gasteiger partial charge >= 0.3 is 0 Å². The Bertz CT molecular complexity index is 655. The topological polar surface area (TPSA) is 43.3 Å². The lowest BCUT2D eigenvalue weighted by Gasteiger charge is -2.10. The van der Waals surface area contributed by atoms with E-state index in [1.807, 2.05) is 17.7 Å². The summed E-state index contributed by atoms with van der Waals surface area (Å²) < 4.78 is 21.4. The third kappa shape index (κ3) is 3.64. The number of amides is 1. The molecule has 0 saturated carbocycles. The Morgan fingerprint density at radius 3 is 2.86 bits per heavy atom. The van der Waals surface area contributed by atoms with Crippen LogP contribution in [0.25, 0.3) is 0 Å². The van der Waals surface area contributed by atoms with E-state index in [0.29, 0.717) is 11.4 Å². The number of ether oxygens (including phenoxy) is 1. The Labute approximate surface area is 131 Å². The highest BCUT2D eigenvalue weighted by Gasteiger charge is 2.15. The van der Waals surface area contributed by atoms with Crippen molar-refractivity contribution in [3.8, 4) is 5.75 Å². The van der Waals surface area contributed by atoms with Crippen molar-refractivity contribution < 1.29 is 13.9 Å². The summed E-state index contributed by atoms with van der Waals surface area (Å²) >= 11 is 3.35. The molecule has 0 aliphatic heterocycles. The first kappa shape index (κ1) is 15.6. The number of hydrogen-bond acceptors (Lipinski definition) is 2. The minimum atomic E-state index is -0.503. The van der Waals surface area contributed by atoms with Gasteiger partial charge in [-0.3, -0.25) is 4.79 Å². The predicted molar refractivity (Wildman–Crippen MR) is 83.3 cm³/mol. The second kappa shape index (κ2) is 6.76. The number of benzene rings is 1. The van der Waals surface area contributed by atoms with E-state index in [2.05, 4.69) is 21.2 Å². The molecule has 1 heterocycles. The van der Waals surface area contributed by atoms with E-state index in [1.54, 1.807) is 6.07 Å². The van der Waals surface area contributed by atoms with Gasteiger partial charge in [0.25, 0.3) is 5.91 Å². The fourth-order valence-electron chi connectivity index (χ4n) is 2.00. The van der Waals surface area contributed by atoms with E-state index in [4.69, 9.17) is 4.74 Å². The normalized spacial score (nSPS) is 10.5. The van der Waals surface area contributed by atoms with Crippen molar-refractivity contribution in [2.24, 2.45) is 0 Å². The molecule has 1 aromatic heterocycles. The lowest BCUT2D eigenvalue weighted by molar-refractivity contribution is 0.101. The summed E-state index contributed by atoms with van der Waals surface area (Å²) in [6.07, 6.45) is 2.73. The first-order valence-corrected chi connectivity index (χ1v) is 7.35. The van der Waals surface area contributed by atoms with Crippen molar-refractivity contribution in [3.05, 3.63) is 46.4 Å². The molecule has 1 N–H and O–H groups in total. The van der Waals surface area contributed by atoms with Crippen LogP contribution in [0, 0.1) is 5.82 Å². The summed E-state index contributed by atoms with van der Waals surface area (Å²) in [7, 11) is 1.49. The van der Waals surface area contributed by atoms with Gasteiger partial charge in [-0.05, 0) is 40.5 Å². The van der Waals surface area contributed by atoms with Crippen molar-refractivity contribution >= 4 is 27.5 Å².